The molecule has 90 valence electrons. The second-order valence-electron chi connectivity index (χ2n) is 3.52. The normalized spacial score (nSPS) is 14.5. The average molecular weight is 227 g/mol. The summed E-state index contributed by atoms with van der Waals surface area (Å²) in [7, 11) is 0. The first-order valence-corrected chi connectivity index (χ1v) is 5.17. The SMILES string of the molecule is CCn1ccnc1C(O)C(O)CNC(C)=O. The van der Waals surface area contributed by atoms with Crippen LogP contribution in [0.3, 0.4) is 0 Å². The van der Waals surface area contributed by atoms with E-state index in [-0.39, 0.29) is 12.5 Å². The molecule has 1 heterocycles. The molecule has 6 heteroatoms. The summed E-state index contributed by atoms with van der Waals surface area (Å²) in [6, 6.07) is 0. The van der Waals surface area contributed by atoms with Crippen LogP contribution < -0.4 is 5.32 Å². The van der Waals surface area contributed by atoms with Crippen LogP contribution in [0.4, 0.5) is 0 Å². The minimum absolute atomic E-state index is 0.00702. The number of rotatable bonds is 5. The predicted octanol–water partition coefficient (Wildman–Crippen LogP) is -0.567. The number of aromatic nitrogens is 2. The Morgan fingerprint density at radius 1 is 1.62 bits per heavy atom. The van der Waals surface area contributed by atoms with Crippen LogP contribution in [-0.4, -0.2) is 38.3 Å². The molecule has 0 radical (unpaired) electrons. The first kappa shape index (κ1) is 12.7. The smallest absolute Gasteiger partial charge is 0.216 e. The number of amides is 1. The fourth-order valence-corrected chi connectivity index (χ4v) is 1.39. The molecule has 2 unspecified atom stereocenters. The van der Waals surface area contributed by atoms with Crippen LogP contribution in [0.2, 0.25) is 0 Å². The Bertz CT molecular complexity index is 351. The Balaban J connectivity index is 2.62. The van der Waals surface area contributed by atoms with E-state index in [0.717, 1.165) is 0 Å². The van der Waals surface area contributed by atoms with Gasteiger partial charge in [-0.05, 0) is 6.92 Å². The van der Waals surface area contributed by atoms with Crippen LogP contribution in [0.25, 0.3) is 0 Å². The summed E-state index contributed by atoms with van der Waals surface area (Å²) in [6.45, 7) is 3.94. The van der Waals surface area contributed by atoms with Gasteiger partial charge in [0.2, 0.25) is 5.91 Å². The van der Waals surface area contributed by atoms with E-state index in [0.29, 0.717) is 12.4 Å². The molecule has 0 saturated carbocycles. The van der Waals surface area contributed by atoms with Gasteiger partial charge in [0.05, 0.1) is 0 Å². The van der Waals surface area contributed by atoms with Gasteiger partial charge >= 0.3 is 0 Å². The summed E-state index contributed by atoms with van der Waals surface area (Å²) in [5.74, 6) is 0.158. The molecule has 0 aliphatic heterocycles. The fraction of sp³-hybridized carbons (Fsp3) is 0.600. The number of imidazole rings is 1. The summed E-state index contributed by atoms with van der Waals surface area (Å²) in [5.41, 5.74) is 0. The van der Waals surface area contributed by atoms with Gasteiger partial charge in [0, 0.05) is 32.4 Å². The Labute approximate surface area is 93.9 Å². The molecule has 16 heavy (non-hydrogen) atoms. The quantitative estimate of drug-likeness (QED) is 0.629. The van der Waals surface area contributed by atoms with Crippen molar-refractivity contribution in [2.24, 2.45) is 0 Å². The third kappa shape index (κ3) is 3.04. The largest absolute Gasteiger partial charge is 0.388 e. The van der Waals surface area contributed by atoms with Crippen LogP contribution in [-0.2, 0) is 11.3 Å². The monoisotopic (exact) mass is 227 g/mol. The topological polar surface area (TPSA) is 87.4 Å². The van der Waals surface area contributed by atoms with Crippen molar-refractivity contribution >= 4 is 5.91 Å². The highest BCUT2D eigenvalue weighted by Gasteiger charge is 2.22. The van der Waals surface area contributed by atoms with Crippen molar-refractivity contribution in [3.8, 4) is 0 Å². The number of nitrogens with zero attached hydrogens (tertiary/aromatic N) is 2. The minimum atomic E-state index is -1.10. The molecule has 3 N–H and O–H groups in total. The molecule has 1 aromatic rings. The van der Waals surface area contributed by atoms with E-state index in [1.165, 1.54) is 6.92 Å². The second-order valence-corrected chi connectivity index (χ2v) is 3.52. The number of nitrogens with one attached hydrogen (secondary N) is 1. The van der Waals surface area contributed by atoms with Crippen LogP contribution in [0.1, 0.15) is 25.8 Å². The van der Waals surface area contributed by atoms with E-state index in [2.05, 4.69) is 10.3 Å². The highest BCUT2D eigenvalue weighted by molar-refractivity contribution is 5.72. The average Bonchev–Trinajstić information content (AvgIpc) is 2.72. The molecule has 2 atom stereocenters. The summed E-state index contributed by atoms with van der Waals surface area (Å²) >= 11 is 0. The lowest BCUT2D eigenvalue weighted by molar-refractivity contribution is -0.119. The lowest BCUT2D eigenvalue weighted by Crippen LogP contribution is -2.35. The molecule has 1 amide bonds. The maximum atomic E-state index is 10.7. The molecule has 0 saturated heterocycles. The van der Waals surface area contributed by atoms with Crippen molar-refractivity contribution in [1.29, 1.82) is 0 Å². The minimum Gasteiger partial charge on any atom is -0.388 e. The Kier molecular flexibility index (Phi) is 4.45. The Hall–Kier alpha value is -1.40. The molecule has 1 rings (SSSR count). The number of carbonyl (C=O) groups excluding carboxylic acids is 1. The summed E-state index contributed by atoms with van der Waals surface area (Å²) in [5, 5.41) is 21.9. The number of hydrogen-bond acceptors (Lipinski definition) is 4. The fourth-order valence-electron chi connectivity index (χ4n) is 1.39. The lowest BCUT2D eigenvalue weighted by Gasteiger charge is -2.18. The van der Waals surface area contributed by atoms with E-state index in [1.807, 2.05) is 6.92 Å². The number of hydrogen-bond donors (Lipinski definition) is 3. The van der Waals surface area contributed by atoms with Gasteiger partial charge in [-0.2, -0.15) is 0 Å². The third-order valence-corrected chi connectivity index (χ3v) is 2.28. The van der Waals surface area contributed by atoms with E-state index in [9.17, 15) is 15.0 Å². The molecule has 0 bridgehead atoms. The van der Waals surface area contributed by atoms with Gasteiger partial charge in [0.25, 0.3) is 0 Å². The third-order valence-electron chi connectivity index (χ3n) is 2.28. The van der Waals surface area contributed by atoms with E-state index >= 15 is 0 Å². The van der Waals surface area contributed by atoms with Crippen LogP contribution in [0.5, 0.6) is 0 Å². The van der Waals surface area contributed by atoms with Gasteiger partial charge in [-0.3, -0.25) is 4.79 Å². The van der Waals surface area contributed by atoms with Gasteiger partial charge in [-0.25, -0.2) is 4.98 Å². The van der Waals surface area contributed by atoms with Crippen molar-refractivity contribution in [1.82, 2.24) is 14.9 Å². The number of carbonyl (C=O) groups is 1. The van der Waals surface area contributed by atoms with Crippen molar-refractivity contribution in [2.75, 3.05) is 6.54 Å². The summed E-state index contributed by atoms with van der Waals surface area (Å²) < 4.78 is 1.74. The lowest BCUT2D eigenvalue weighted by atomic mass is 10.2. The molecule has 6 nitrogen and oxygen atoms in total. The van der Waals surface area contributed by atoms with Gasteiger partial charge in [-0.1, -0.05) is 0 Å². The van der Waals surface area contributed by atoms with Gasteiger partial charge < -0.3 is 20.1 Å². The van der Waals surface area contributed by atoms with E-state index in [1.54, 1.807) is 17.0 Å². The number of aliphatic hydroxyl groups is 2. The highest BCUT2D eigenvalue weighted by atomic mass is 16.3. The molecule has 0 aliphatic carbocycles. The van der Waals surface area contributed by atoms with Gasteiger partial charge in [-0.15, -0.1) is 0 Å². The zero-order chi connectivity index (χ0) is 12.1. The predicted molar refractivity (Wildman–Crippen MR) is 57.6 cm³/mol. The Morgan fingerprint density at radius 3 is 2.88 bits per heavy atom. The first-order chi connectivity index (χ1) is 7.56. The molecule has 0 aromatic carbocycles. The van der Waals surface area contributed by atoms with Gasteiger partial charge in [0.1, 0.15) is 18.0 Å². The van der Waals surface area contributed by atoms with Crippen LogP contribution >= 0.6 is 0 Å². The zero-order valence-corrected chi connectivity index (χ0v) is 9.42. The van der Waals surface area contributed by atoms with E-state index < -0.39 is 12.2 Å². The second kappa shape index (κ2) is 5.62. The van der Waals surface area contributed by atoms with Gasteiger partial charge in [0.15, 0.2) is 0 Å². The van der Waals surface area contributed by atoms with Crippen molar-refractivity contribution < 1.29 is 15.0 Å². The number of aliphatic hydroxyl groups excluding tert-OH is 2. The van der Waals surface area contributed by atoms with Crippen molar-refractivity contribution in [3.05, 3.63) is 18.2 Å². The first-order valence-electron chi connectivity index (χ1n) is 5.17. The highest BCUT2D eigenvalue weighted by Crippen LogP contribution is 2.14. The number of aryl methyl sites for hydroxylation is 1. The molecule has 0 aliphatic rings. The van der Waals surface area contributed by atoms with Crippen LogP contribution in [0.15, 0.2) is 12.4 Å². The van der Waals surface area contributed by atoms with Crippen molar-refractivity contribution in [3.63, 3.8) is 0 Å². The zero-order valence-electron chi connectivity index (χ0n) is 9.42. The standard InChI is InChI=1S/C10H17N3O3/c1-3-13-5-4-11-10(13)9(16)8(15)6-12-7(2)14/h4-5,8-9,15-16H,3,6H2,1-2H3,(H,12,14). The summed E-state index contributed by atoms with van der Waals surface area (Å²) in [6.07, 6.45) is 1.13. The molecule has 0 fully saturated rings. The van der Waals surface area contributed by atoms with Crippen molar-refractivity contribution in [2.45, 2.75) is 32.6 Å². The van der Waals surface area contributed by atoms with E-state index in [4.69, 9.17) is 0 Å². The van der Waals surface area contributed by atoms with Crippen LogP contribution in [0, 0.1) is 0 Å². The molecule has 0 spiro atoms. The molecular formula is C10H17N3O3. The molecular weight excluding hydrogens is 210 g/mol. The Morgan fingerprint density at radius 2 is 2.31 bits per heavy atom. The maximum absolute atomic E-state index is 10.7. The molecule has 1 aromatic heterocycles. The summed E-state index contributed by atoms with van der Waals surface area (Å²) in [4.78, 5) is 14.6. The maximum Gasteiger partial charge on any atom is 0.216 e.